The van der Waals surface area contributed by atoms with E-state index in [1.54, 1.807) is 6.07 Å². The molecule has 0 aliphatic carbocycles. The third kappa shape index (κ3) is 4.68. The van der Waals surface area contributed by atoms with Gasteiger partial charge in [0.15, 0.2) is 0 Å². The second kappa shape index (κ2) is 8.64. The lowest BCUT2D eigenvalue weighted by Crippen LogP contribution is -2.32. The SMILES string of the molecule is O=c1cc(N2CCCCC2)cnn1CCCOCc1ccccc1. The molecule has 1 saturated heterocycles. The topological polar surface area (TPSA) is 47.4 Å². The highest BCUT2D eigenvalue weighted by Crippen LogP contribution is 2.16. The molecule has 1 fully saturated rings. The van der Waals surface area contributed by atoms with Crippen LogP contribution in [-0.2, 0) is 17.9 Å². The summed E-state index contributed by atoms with van der Waals surface area (Å²) in [4.78, 5) is 14.5. The number of aromatic nitrogens is 2. The quantitative estimate of drug-likeness (QED) is 0.734. The van der Waals surface area contributed by atoms with E-state index in [2.05, 4.69) is 10.00 Å². The van der Waals surface area contributed by atoms with E-state index >= 15 is 0 Å². The lowest BCUT2D eigenvalue weighted by atomic mass is 10.1. The minimum Gasteiger partial charge on any atom is -0.377 e. The van der Waals surface area contributed by atoms with Crippen LogP contribution in [0.2, 0.25) is 0 Å². The molecule has 0 unspecified atom stereocenters. The number of nitrogens with zero attached hydrogens (tertiary/aromatic N) is 3. The van der Waals surface area contributed by atoms with Gasteiger partial charge in [-0.3, -0.25) is 4.79 Å². The van der Waals surface area contributed by atoms with Crippen molar-refractivity contribution in [2.45, 2.75) is 38.8 Å². The van der Waals surface area contributed by atoms with Crippen molar-refractivity contribution in [3.8, 4) is 0 Å². The van der Waals surface area contributed by atoms with Crippen molar-refractivity contribution in [3.05, 3.63) is 58.5 Å². The maximum Gasteiger partial charge on any atom is 0.268 e. The number of aryl methyl sites for hydroxylation is 1. The Balaban J connectivity index is 1.44. The Morgan fingerprint density at radius 3 is 2.62 bits per heavy atom. The van der Waals surface area contributed by atoms with Crippen molar-refractivity contribution < 1.29 is 4.74 Å². The molecule has 0 saturated carbocycles. The fourth-order valence-electron chi connectivity index (χ4n) is 3.00. The Hall–Kier alpha value is -2.14. The zero-order valence-corrected chi connectivity index (χ0v) is 14.1. The van der Waals surface area contributed by atoms with Gasteiger partial charge in [-0.1, -0.05) is 30.3 Å². The van der Waals surface area contributed by atoms with E-state index in [1.165, 1.54) is 29.5 Å². The summed E-state index contributed by atoms with van der Waals surface area (Å²) in [7, 11) is 0. The summed E-state index contributed by atoms with van der Waals surface area (Å²) in [6.45, 7) is 3.87. The van der Waals surface area contributed by atoms with Gasteiger partial charge in [0, 0.05) is 32.3 Å². The fourth-order valence-corrected chi connectivity index (χ4v) is 3.00. The molecule has 0 bridgehead atoms. The molecule has 5 heteroatoms. The zero-order chi connectivity index (χ0) is 16.6. The summed E-state index contributed by atoms with van der Waals surface area (Å²) in [5, 5.41) is 4.32. The zero-order valence-electron chi connectivity index (χ0n) is 14.1. The summed E-state index contributed by atoms with van der Waals surface area (Å²) in [5.74, 6) is 0. The minimum atomic E-state index is -0.0267. The molecule has 1 aromatic heterocycles. The Morgan fingerprint density at radius 1 is 1.08 bits per heavy atom. The first kappa shape index (κ1) is 16.7. The van der Waals surface area contributed by atoms with E-state index < -0.39 is 0 Å². The van der Waals surface area contributed by atoms with Crippen LogP contribution in [-0.4, -0.2) is 29.5 Å². The number of ether oxygens (including phenoxy) is 1. The third-order valence-electron chi connectivity index (χ3n) is 4.35. The minimum absolute atomic E-state index is 0.0267. The Morgan fingerprint density at radius 2 is 1.88 bits per heavy atom. The first-order chi connectivity index (χ1) is 11.8. The molecule has 1 aromatic carbocycles. The Bertz CT molecular complexity index is 679. The lowest BCUT2D eigenvalue weighted by Gasteiger charge is -2.28. The Kier molecular flexibility index (Phi) is 6.01. The first-order valence-corrected chi connectivity index (χ1v) is 8.77. The second-order valence-electron chi connectivity index (χ2n) is 6.21. The van der Waals surface area contributed by atoms with Crippen LogP contribution in [0.4, 0.5) is 5.69 Å². The molecule has 0 spiro atoms. The van der Waals surface area contributed by atoms with Crippen molar-refractivity contribution >= 4 is 5.69 Å². The number of piperidine rings is 1. The number of rotatable bonds is 7. The van der Waals surface area contributed by atoms with Crippen LogP contribution in [0.3, 0.4) is 0 Å². The van der Waals surface area contributed by atoms with Gasteiger partial charge < -0.3 is 9.64 Å². The lowest BCUT2D eigenvalue weighted by molar-refractivity contribution is 0.114. The van der Waals surface area contributed by atoms with Crippen molar-refractivity contribution in [2.24, 2.45) is 0 Å². The summed E-state index contributed by atoms with van der Waals surface area (Å²) >= 11 is 0. The largest absolute Gasteiger partial charge is 0.377 e. The molecule has 0 N–H and O–H groups in total. The van der Waals surface area contributed by atoms with Crippen LogP contribution in [0.5, 0.6) is 0 Å². The van der Waals surface area contributed by atoms with Gasteiger partial charge in [-0.25, -0.2) is 4.68 Å². The van der Waals surface area contributed by atoms with Crippen LogP contribution in [0.1, 0.15) is 31.2 Å². The first-order valence-electron chi connectivity index (χ1n) is 8.77. The van der Waals surface area contributed by atoms with Crippen LogP contribution >= 0.6 is 0 Å². The van der Waals surface area contributed by atoms with Gasteiger partial charge in [0.05, 0.1) is 18.5 Å². The number of hydrogen-bond acceptors (Lipinski definition) is 4. The van der Waals surface area contributed by atoms with Gasteiger partial charge in [0.2, 0.25) is 0 Å². The van der Waals surface area contributed by atoms with Crippen molar-refractivity contribution in [2.75, 3.05) is 24.6 Å². The van der Waals surface area contributed by atoms with E-state index in [4.69, 9.17) is 4.74 Å². The summed E-state index contributed by atoms with van der Waals surface area (Å²) in [5.41, 5.74) is 2.09. The molecular weight excluding hydrogens is 302 g/mol. The standard InChI is InChI=1S/C19H25N3O2/c23-19-14-18(21-10-5-2-6-11-21)15-20-22(19)12-7-13-24-16-17-8-3-1-4-9-17/h1,3-4,8-9,14-15H,2,5-7,10-13,16H2. The second-order valence-corrected chi connectivity index (χ2v) is 6.21. The van der Waals surface area contributed by atoms with Gasteiger partial charge in [-0.2, -0.15) is 5.10 Å². The van der Waals surface area contributed by atoms with Crippen LogP contribution < -0.4 is 10.5 Å². The molecule has 0 amide bonds. The summed E-state index contributed by atoms with van der Waals surface area (Å²) in [6.07, 6.45) is 6.27. The fraction of sp³-hybridized carbons (Fsp3) is 0.474. The highest BCUT2D eigenvalue weighted by atomic mass is 16.5. The molecule has 0 radical (unpaired) electrons. The predicted octanol–water partition coefficient (Wildman–Crippen LogP) is 2.84. The number of anilines is 1. The highest BCUT2D eigenvalue weighted by Gasteiger charge is 2.12. The Labute approximate surface area is 142 Å². The normalized spacial score (nSPS) is 14.8. The highest BCUT2D eigenvalue weighted by molar-refractivity contribution is 5.43. The maximum absolute atomic E-state index is 12.2. The van der Waals surface area contributed by atoms with Crippen molar-refractivity contribution in [3.63, 3.8) is 0 Å². The van der Waals surface area contributed by atoms with E-state index in [1.807, 2.05) is 36.5 Å². The van der Waals surface area contributed by atoms with E-state index in [9.17, 15) is 4.79 Å². The molecular formula is C19H25N3O2. The molecule has 5 nitrogen and oxygen atoms in total. The van der Waals surface area contributed by atoms with Crippen LogP contribution in [0, 0.1) is 0 Å². The molecule has 1 aliphatic rings. The average molecular weight is 327 g/mol. The summed E-state index contributed by atoms with van der Waals surface area (Å²) < 4.78 is 7.18. The third-order valence-corrected chi connectivity index (χ3v) is 4.35. The molecule has 1 aliphatic heterocycles. The molecule has 128 valence electrons. The molecule has 2 heterocycles. The van der Waals surface area contributed by atoms with E-state index in [0.717, 1.165) is 25.2 Å². The van der Waals surface area contributed by atoms with Gasteiger partial charge in [-0.05, 0) is 31.2 Å². The number of benzene rings is 1. The van der Waals surface area contributed by atoms with Gasteiger partial charge in [0.1, 0.15) is 0 Å². The van der Waals surface area contributed by atoms with Gasteiger partial charge >= 0.3 is 0 Å². The van der Waals surface area contributed by atoms with Crippen LogP contribution in [0.25, 0.3) is 0 Å². The molecule has 3 rings (SSSR count). The summed E-state index contributed by atoms with van der Waals surface area (Å²) in [6, 6.07) is 11.8. The predicted molar refractivity (Wildman–Crippen MR) is 95.3 cm³/mol. The average Bonchev–Trinajstić information content (AvgIpc) is 2.64. The van der Waals surface area contributed by atoms with E-state index in [-0.39, 0.29) is 5.56 Å². The van der Waals surface area contributed by atoms with Crippen molar-refractivity contribution in [1.29, 1.82) is 0 Å². The maximum atomic E-state index is 12.2. The molecule has 2 aromatic rings. The number of hydrogen-bond donors (Lipinski definition) is 0. The smallest absolute Gasteiger partial charge is 0.268 e. The van der Waals surface area contributed by atoms with Crippen molar-refractivity contribution in [1.82, 2.24) is 9.78 Å². The van der Waals surface area contributed by atoms with Crippen LogP contribution in [0.15, 0.2) is 47.4 Å². The monoisotopic (exact) mass is 327 g/mol. The van der Waals surface area contributed by atoms with Gasteiger partial charge in [-0.15, -0.1) is 0 Å². The van der Waals surface area contributed by atoms with E-state index in [0.29, 0.717) is 19.8 Å². The molecule has 0 atom stereocenters. The molecule has 24 heavy (non-hydrogen) atoms. The van der Waals surface area contributed by atoms with Gasteiger partial charge in [0.25, 0.3) is 5.56 Å².